The number of hydrogen-bond donors (Lipinski definition) is 2. The van der Waals surface area contributed by atoms with E-state index in [1.807, 2.05) is 0 Å². The summed E-state index contributed by atoms with van der Waals surface area (Å²) in [6.45, 7) is 6.09. The molecule has 0 radical (unpaired) electrons. The van der Waals surface area contributed by atoms with Gasteiger partial charge in [0.1, 0.15) is 0 Å². The molecule has 2 N–H and O–H groups in total. The predicted molar refractivity (Wildman–Crippen MR) is 68.0 cm³/mol. The zero-order valence-corrected chi connectivity index (χ0v) is 10.3. The zero-order valence-electron chi connectivity index (χ0n) is 8.64. The Morgan fingerprint density at radius 1 is 1.00 bits per heavy atom. The maximum Gasteiger partial charge on any atom is 0.0832 e. The molecule has 78 valence electrons. The minimum absolute atomic E-state index is 0.806. The second kappa shape index (κ2) is 5.41. The van der Waals surface area contributed by atoms with Gasteiger partial charge in [-0.15, -0.1) is 0 Å². The molecule has 1 aromatic carbocycles. The van der Waals surface area contributed by atoms with E-state index >= 15 is 0 Å². The molecular weight excluding hydrogens is 212 g/mol. The first-order chi connectivity index (χ1) is 6.72. The van der Waals surface area contributed by atoms with Gasteiger partial charge in [0.15, 0.2) is 0 Å². The van der Waals surface area contributed by atoms with E-state index in [1.54, 1.807) is 0 Å². The van der Waals surface area contributed by atoms with Gasteiger partial charge < -0.3 is 10.6 Å². The first kappa shape index (κ1) is 11.6. The van der Waals surface area contributed by atoms with E-state index in [9.17, 15) is 0 Å². The van der Waals surface area contributed by atoms with Gasteiger partial charge in [0.2, 0.25) is 0 Å². The number of rotatable bonds is 6. The largest absolute Gasteiger partial charge is 0.382 e. The van der Waals surface area contributed by atoms with Gasteiger partial charge in [0.25, 0.3) is 0 Å². The van der Waals surface area contributed by atoms with Crippen molar-refractivity contribution in [2.24, 2.45) is 0 Å². The molecule has 2 nitrogen and oxygen atoms in total. The number of nitrogens with one attached hydrogen (secondary N) is 2. The van der Waals surface area contributed by atoms with Crippen LogP contribution in [0, 0.1) is 9.02 Å². The van der Waals surface area contributed by atoms with Crippen LogP contribution in [0.25, 0.3) is 0 Å². The number of hydrogen-bond acceptors (Lipinski definition) is 4. The molecule has 1 rings (SSSR count). The zero-order chi connectivity index (χ0) is 10.6. The van der Waals surface area contributed by atoms with Crippen molar-refractivity contribution < 1.29 is 0 Å². The van der Waals surface area contributed by atoms with Crippen molar-refractivity contribution in [1.29, 1.82) is 0 Å². The summed E-state index contributed by atoms with van der Waals surface area (Å²) in [7, 11) is 0. The highest BCUT2D eigenvalue weighted by atomic mass is 32.1. The average molecular weight is 228 g/mol. The summed E-state index contributed by atoms with van der Waals surface area (Å²) in [5, 5.41) is 6.55. The third-order valence-corrected chi connectivity index (χ3v) is 3.04. The van der Waals surface area contributed by atoms with Crippen LogP contribution < -0.4 is 10.6 Å². The maximum absolute atomic E-state index is 5.17. The molecule has 1 aromatic rings. The highest BCUT2D eigenvalue weighted by molar-refractivity contribution is 7.74. The van der Waals surface area contributed by atoms with Crippen molar-refractivity contribution in [1.82, 2.24) is 0 Å². The van der Waals surface area contributed by atoms with Gasteiger partial charge in [0, 0.05) is 13.1 Å². The van der Waals surface area contributed by atoms with Crippen LogP contribution in [0.15, 0.2) is 0 Å². The highest BCUT2D eigenvalue weighted by Crippen LogP contribution is 2.32. The molecule has 0 heterocycles. The smallest absolute Gasteiger partial charge is 0.0832 e. The van der Waals surface area contributed by atoms with Crippen LogP contribution in [0.3, 0.4) is 0 Å². The summed E-state index contributed by atoms with van der Waals surface area (Å²) in [6.07, 6.45) is 2.35. The molecule has 0 spiro atoms. The standard InChI is InChI=1S/C10H16N2S2/c1-3-5-6-12-8-7(11-4-2)9(13)10(8)14/h11-12H,3-6H2,1-2H3. The molecule has 14 heavy (non-hydrogen) atoms. The Bertz CT molecular complexity index is 364. The summed E-state index contributed by atoms with van der Waals surface area (Å²) < 4.78 is 1.62. The molecule has 0 aliphatic carbocycles. The molecule has 4 heteroatoms. The molecule has 0 amide bonds. The van der Waals surface area contributed by atoms with E-state index in [2.05, 4.69) is 24.5 Å². The Labute approximate surface area is 95.4 Å². The fraction of sp³-hybridized carbons (Fsp3) is 0.600. The summed E-state index contributed by atoms with van der Waals surface area (Å²) in [5.41, 5.74) is 2.07. The Balaban J connectivity index is 2.62. The fourth-order valence-electron chi connectivity index (χ4n) is 1.30. The second-order valence-electron chi connectivity index (χ2n) is 3.22. The summed E-state index contributed by atoms with van der Waals surface area (Å²) in [6, 6.07) is 0. The van der Waals surface area contributed by atoms with Crippen LogP contribution in [-0.4, -0.2) is 13.1 Å². The van der Waals surface area contributed by atoms with E-state index in [4.69, 9.17) is 24.4 Å². The first-order valence-corrected chi connectivity index (χ1v) is 5.85. The molecule has 0 aromatic heterocycles. The second-order valence-corrected chi connectivity index (χ2v) is 4.04. The molecule has 0 fully saturated rings. The maximum atomic E-state index is 5.17. The highest BCUT2D eigenvalue weighted by Gasteiger charge is 2.12. The van der Waals surface area contributed by atoms with Gasteiger partial charge in [0.05, 0.1) is 20.4 Å². The van der Waals surface area contributed by atoms with Crippen molar-refractivity contribution in [2.75, 3.05) is 23.7 Å². The van der Waals surface area contributed by atoms with Crippen LogP contribution in [0.5, 0.6) is 0 Å². The number of anilines is 2. The van der Waals surface area contributed by atoms with Gasteiger partial charge >= 0.3 is 0 Å². The minimum atomic E-state index is 0.806. The summed E-state index contributed by atoms with van der Waals surface area (Å²) in [4.78, 5) is 0. The quantitative estimate of drug-likeness (QED) is 0.573. The molecule has 0 saturated heterocycles. The van der Waals surface area contributed by atoms with Crippen molar-refractivity contribution in [2.45, 2.75) is 26.7 Å². The fourth-order valence-corrected chi connectivity index (χ4v) is 1.85. The monoisotopic (exact) mass is 228 g/mol. The van der Waals surface area contributed by atoms with Gasteiger partial charge in [-0.2, -0.15) is 0 Å². The minimum Gasteiger partial charge on any atom is -0.382 e. The van der Waals surface area contributed by atoms with Gasteiger partial charge in [-0.1, -0.05) is 37.8 Å². The normalized spacial score (nSPS) is 10.4. The van der Waals surface area contributed by atoms with Crippen LogP contribution in [0.1, 0.15) is 26.7 Å². The first-order valence-electron chi connectivity index (χ1n) is 5.03. The Morgan fingerprint density at radius 3 is 2.07 bits per heavy atom. The van der Waals surface area contributed by atoms with Crippen LogP contribution in [0.2, 0.25) is 0 Å². The average Bonchev–Trinajstić information content (AvgIpc) is 2.21. The Morgan fingerprint density at radius 2 is 1.57 bits per heavy atom. The topological polar surface area (TPSA) is 24.1 Å². The Hall–Kier alpha value is -0.480. The van der Waals surface area contributed by atoms with Crippen LogP contribution in [-0.2, 0) is 0 Å². The van der Waals surface area contributed by atoms with Crippen LogP contribution in [0.4, 0.5) is 11.4 Å². The van der Waals surface area contributed by atoms with Crippen LogP contribution >= 0.6 is 24.4 Å². The lowest BCUT2D eigenvalue weighted by atomic mass is 10.2. The van der Waals surface area contributed by atoms with Crippen molar-refractivity contribution >= 4 is 35.8 Å². The van der Waals surface area contributed by atoms with Crippen molar-refractivity contribution in [3.8, 4) is 0 Å². The molecule has 0 aliphatic rings. The summed E-state index contributed by atoms with van der Waals surface area (Å²) in [5.74, 6) is 0. The predicted octanol–water partition coefficient (Wildman–Crippen LogP) is 3.66. The SMILES string of the molecule is CCCCNc1c(NCC)c(=S)c1=S. The Kier molecular flexibility index (Phi) is 4.48. The van der Waals surface area contributed by atoms with Crippen molar-refractivity contribution in [3.63, 3.8) is 0 Å². The summed E-state index contributed by atoms with van der Waals surface area (Å²) >= 11 is 10.3. The molecule has 0 atom stereocenters. The molecular formula is C10H16N2S2. The van der Waals surface area contributed by atoms with E-state index in [-0.39, 0.29) is 0 Å². The molecule has 0 unspecified atom stereocenters. The van der Waals surface area contributed by atoms with E-state index in [0.717, 1.165) is 39.9 Å². The van der Waals surface area contributed by atoms with Crippen molar-refractivity contribution in [3.05, 3.63) is 9.02 Å². The van der Waals surface area contributed by atoms with E-state index < -0.39 is 0 Å². The van der Waals surface area contributed by atoms with Gasteiger partial charge in [-0.25, -0.2) is 0 Å². The lowest BCUT2D eigenvalue weighted by molar-refractivity contribution is 0.833. The number of unbranched alkanes of at least 4 members (excludes halogenated alkanes) is 1. The van der Waals surface area contributed by atoms with Gasteiger partial charge in [-0.05, 0) is 13.3 Å². The third-order valence-electron chi connectivity index (χ3n) is 2.10. The lowest BCUT2D eigenvalue weighted by Gasteiger charge is -2.16. The van der Waals surface area contributed by atoms with E-state index in [1.165, 1.54) is 6.42 Å². The van der Waals surface area contributed by atoms with E-state index in [0.29, 0.717) is 0 Å². The molecule has 0 aliphatic heterocycles. The lowest BCUT2D eigenvalue weighted by Crippen LogP contribution is -2.10. The molecule has 0 saturated carbocycles. The molecule has 0 bridgehead atoms. The third kappa shape index (κ3) is 2.30. The van der Waals surface area contributed by atoms with Gasteiger partial charge in [-0.3, -0.25) is 0 Å².